The van der Waals surface area contributed by atoms with Crippen molar-refractivity contribution >= 4 is 50.7 Å². The Morgan fingerprint density at radius 3 is 2.57 bits per heavy atom. The van der Waals surface area contributed by atoms with E-state index < -0.39 is 46.5 Å². The summed E-state index contributed by atoms with van der Waals surface area (Å²) in [7, 11) is 1.70. The second kappa shape index (κ2) is 11.1. The molecule has 258 valence electrons. The second-order valence-electron chi connectivity index (χ2n) is 13.5. The average molecular weight is 723 g/mol. The maximum atomic E-state index is 14.9. The highest BCUT2D eigenvalue weighted by molar-refractivity contribution is 7.22. The van der Waals surface area contributed by atoms with Gasteiger partial charge in [0.25, 0.3) is 0 Å². The van der Waals surface area contributed by atoms with Gasteiger partial charge >= 0.3 is 11.4 Å². The maximum absolute atomic E-state index is 14.9. The number of aryl methyl sites for hydroxylation is 2. The molecule has 0 spiro atoms. The van der Waals surface area contributed by atoms with Crippen LogP contribution >= 0.6 is 22.9 Å². The Hall–Kier alpha value is -5.24. The number of benzene rings is 2. The quantitative estimate of drug-likeness (QED) is 0.188. The molecule has 2 fully saturated rings. The standard InChI is InChI=1S/C37H31ClN6O6S/c1-19-24-15-20(38)9-12-29(24)51-32(19)26-17-30(40(3)39-26)43-33(46)25-16-27-23(31(37(25,2)34(43)47)28-11-10-22(18-45)50-28)13-14-41-35(48)42(36(49)44(27)41)21-7-5-4-6-8-21/h4-13,15,17,25,27,31,45H,14,16,18H2,1-3H3. The largest absolute Gasteiger partial charge is 0.463 e. The number of carbonyl (C=O) groups excluding carboxylic acids is 2. The molecule has 6 heterocycles. The molecule has 3 aliphatic rings. The van der Waals surface area contributed by atoms with E-state index in [1.165, 1.54) is 14.3 Å². The lowest BCUT2D eigenvalue weighted by atomic mass is 9.58. The van der Waals surface area contributed by atoms with E-state index in [-0.39, 0.29) is 19.6 Å². The fraction of sp³-hybridized carbons (Fsp3) is 0.270. The number of hydrogen-bond donors (Lipinski definition) is 1. The minimum Gasteiger partial charge on any atom is -0.463 e. The van der Waals surface area contributed by atoms with Crippen LogP contribution in [-0.4, -0.2) is 40.6 Å². The number of carbonyl (C=O) groups is 2. The first-order chi connectivity index (χ1) is 24.5. The molecule has 1 aliphatic carbocycles. The van der Waals surface area contributed by atoms with Gasteiger partial charge in [0.1, 0.15) is 29.6 Å². The van der Waals surface area contributed by atoms with E-state index in [9.17, 15) is 24.3 Å². The molecule has 4 atom stereocenters. The van der Waals surface area contributed by atoms with Gasteiger partial charge in [-0.3, -0.25) is 14.3 Å². The zero-order valence-corrected chi connectivity index (χ0v) is 29.3. The highest BCUT2D eigenvalue weighted by Gasteiger charge is 2.66. The number of anilines is 1. The third-order valence-corrected chi connectivity index (χ3v) is 12.4. The van der Waals surface area contributed by atoms with Crippen LogP contribution in [0.1, 0.15) is 42.4 Å². The van der Waals surface area contributed by atoms with Crippen LogP contribution < -0.4 is 16.3 Å². The normalized spacial score (nSPS) is 22.7. The molecule has 0 radical (unpaired) electrons. The number of aliphatic hydroxyl groups is 1. The van der Waals surface area contributed by atoms with Gasteiger partial charge in [0.2, 0.25) is 11.8 Å². The lowest BCUT2D eigenvalue weighted by Crippen LogP contribution is -2.49. The molecule has 6 aromatic rings. The highest BCUT2D eigenvalue weighted by atomic mass is 35.5. The Bertz CT molecular complexity index is 2610. The van der Waals surface area contributed by atoms with Crippen molar-refractivity contribution in [3.63, 3.8) is 0 Å². The number of aliphatic hydroxyl groups excluding tert-OH is 1. The molecule has 51 heavy (non-hydrogen) atoms. The summed E-state index contributed by atoms with van der Waals surface area (Å²) in [5.74, 6) is -1.50. The number of amides is 2. The zero-order valence-electron chi connectivity index (χ0n) is 27.7. The van der Waals surface area contributed by atoms with Crippen molar-refractivity contribution < 1.29 is 19.1 Å². The highest BCUT2D eigenvalue weighted by Crippen LogP contribution is 2.61. The number of aromatic nitrogens is 5. The predicted molar refractivity (Wildman–Crippen MR) is 191 cm³/mol. The van der Waals surface area contributed by atoms with E-state index in [2.05, 4.69) is 0 Å². The average Bonchev–Trinajstić information content (AvgIpc) is 3.92. The van der Waals surface area contributed by atoms with Crippen molar-refractivity contribution in [1.29, 1.82) is 0 Å². The van der Waals surface area contributed by atoms with Gasteiger partial charge in [-0.05, 0) is 79.3 Å². The van der Waals surface area contributed by atoms with Gasteiger partial charge in [0.15, 0.2) is 0 Å². The third-order valence-electron chi connectivity index (χ3n) is 10.9. The van der Waals surface area contributed by atoms with Crippen LogP contribution in [0, 0.1) is 18.3 Å². The van der Waals surface area contributed by atoms with Gasteiger partial charge in [-0.2, -0.15) is 5.10 Å². The van der Waals surface area contributed by atoms with Crippen molar-refractivity contribution in [1.82, 2.24) is 23.7 Å². The number of halogens is 1. The Balaban J connectivity index is 1.18. The second-order valence-corrected chi connectivity index (χ2v) is 15.0. The van der Waals surface area contributed by atoms with Gasteiger partial charge < -0.3 is 9.52 Å². The van der Waals surface area contributed by atoms with Crippen LogP contribution in [0.3, 0.4) is 0 Å². The van der Waals surface area contributed by atoms with Crippen LogP contribution in [0.4, 0.5) is 5.82 Å². The first-order valence-corrected chi connectivity index (χ1v) is 17.7. The van der Waals surface area contributed by atoms with Crippen LogP contribution in [0.15, 0.2) is 92.4 Å². The summed E-state index contributed by atoms with van der Waals surface area (Å²) in [6.45, 7) is 3.50. The topological polar surface area (TPSA) is 138 Å². The summed E-state index contributed by atoms with van der Waals surface area (Å²) < 4.78 is 12.6. The Kier molecular flexibility index (Phi) is 6.92. The lowest BCUT2D eigenvalue weighted by Gasteiger charge is -2.45. The Morgan fingerprint density at radius 1 is 1.04 bits per heavy atom. The number of allylic oxidation sites excluding steroid dienone is 2. The van der Waals surface area contributed by atoms with E-state index >= 15 is 0 Å². The number of fused-ring (bicyclic) bond motifs is 5. The summed E-state index contributed by atoms with van der Waals surface area (Å²) in [5, 5.41) is 16.3. The van der Waals surface area contributed by atoms with E-state index in [1.807, 2.05) is 31.2 Å². The molecule has 2 amide bonds. The summed E-state index contributed by atoms with van der Waals surface area (Å²) in [6.07, 6.45) is 1.97. The monoisotopic (exact) mass is 722 g/mol. The molecule has 4 unspecified atom stereocenters. The van der Waals surface area contributed by atoms with Gasteiger partial charge in [0.05, 0.1) is 40.4 Å². The first kappa shape index (κ1) is 31.7. The van der Waals surface area contributed by atoms with Gasteiger partial charge in [-0.1, -0.05) is 35.9 Å². The van der Waals surface area contributed by atoms with Crippen molar-refractivity contribution in [2.75, 3.05) is 4.90 Å². The fourth-order valence-corrected chi connectivity index (χ4v) is 9.76. The number of furan rings is 1. The molecule has 9 rings (SSSR count). The molecule has 4 aromatic heterocycles. The Morgan fingerprint density at radius 2 is 1.82 bits per heavy atom. The predicted octanol–water partition coefficient (Wildman–Crippen LogP) is 5.33. The fourth-order valence-electron chi connectivity index (χ4n) is 8.44. The lowest BCUT2D eigenvalue weighted by molar-refractivity contribution is -0.129. The van der Waals surface area contributed by atoms with Crippen LogP contribution in [0.25, 0.3) is 26.3 Å². The number of para-hydroxylation sites is 1. The van der Waals surface area contributed by atoms with Gasteiger partial charge in [-0.25, -0.2) is 28.4 Å². The maximum Gasteiger partial charge on any atom is 0.352 e. The van der Waals surface area contributed by atoms with E-state index in [1.54, 1.807) is 78.5 Å². The zero-order chi connectivity index (χ0) is 35.5. The summed E-state index contributed by atoms with van der Waals surface area (Å²) in [6, 6.07) is 18.8. The molecule has 0 bridgehead atoms. The summed E-state index contributed by atoms with van der Waals surface area (Å²) >= 11 is 7.85. The summed E-state index contributed by atoms with van der Waals surface area (Å²) in [4.78, 5) is 59.5. The van der Waals surface area contributed by atoms with Crippen LogP contribution in [0.5, 0.6) is 0 Å². The van der Waals surface area contributed by atoms with E-state index in [0.717, 1.165) is 25.1 Å². The molecule has 1 saturated carbocycles. The van der Waals surface area contributed by atoms with Crippen LogP contribution in [0.2, 0.25) is 5.02 Å². The van der Waals surface area contributed by atoms with Crippen molar-refractivity contribution in [3.8, 4) is 16.3 Å². The SMILES string of the molecule is Cc1c(-c2cc(N3C(=O)C4CC5C(=CCn6c(=O)n(-c7ccccc7)c(=O)n65)C(c5ccc(CO)o5)C4(C)C3=O)n(C)n2)sc2ccc(Cl)cc12. The van der Waals surface area contributed by atoms with Crippen molar-refractivity contribution in [3.05, 3.63) is 121 Å². The molecule has 2 aromatic carbocycles. The number of imide groups is 1. The van der Waals surface area contributed by atoms with E-state index in [0.29, 0.717) is 39.3 Å². The van der Waals surface area contributed by atoms with Crippen LogP contribution in [-0.2, 0) is 29.8 Å². The van der Waals surface area contributed by atoms with Crippen molar-refractivity contribution in [2.24, 2.45) is 18.4 Å². The molecule has 1 N–H and O–H groups in total. The number of thiophene rings is 1. The molecule has 12 nitrogen and oxygen atoms in total. The number of nitrogens with zero attached hydrogens (tertiary/aromatic N) is 6. The number of rotatable bonds is 5. The van der Waals surface area contributed by atoms with Gasteiger partial charge in [0, 0.05) is 22.8 Å². The first-order valence-electron chi connectivity index (χ1n) is 16.5. The third kappa shape index (κ3) is 4.31. The Labute approximate surface area is 299 Å². The van der Waals surface area contributed by atoms with Crippen molar-refractivity contribution in [2.45, 2.75) is 45.4 Å². The molecular formula is C37H31ClN6O6S. The minimum absolute atomic E-state index is 0.0845. The molecule has 1 saturated heterocycles. The molecule has 14 heteroatoms. The summed E-state index contributed by atoms with van der Waals surface area (Å²) in [5.41, 5.74) is 0.386. The minimum atomic E-state index is -1.33. The molecule has 2 aliphatic heterocycles. The molecular weight excluding hydrogens is 692 g/mol. The van der Waals surface area contributed by atoms with Gasteiger partial charge in [-0.15, -0.1) is 11.3 Å². The van der Waals surface area contributed by atoms with E-state index in [4.69, 9.17) is 21.1 Å². The number of hydrogen-bond acceptors (Lipinski definition) is 8. The smallest absolute Gasteiger partial charge is 0.352 e.